The van der Waals surface area contributed by atoms with Crippen molar-refractivity contribution in [1.82, 2.24) is 14.9 Å². The molecule has 1 aromatic heterocycles. The van der Waals surface area contributed by atoms with E-state index in [0.29, 0.717) is 5.92 Å². The Hall–Kier alpha value is -1.81. The number of hydrogen-bond donors (Lipinski definition) is 1. The minimum Gasteiger partial charge on any atom is -0.316 e. The molecule has 3 nitrogen and oxygen atoms in total. The summed E-state index contributed by atoms with van der Waals surface area (Å²) in [6.07, 6.45) is 4.26. The van der Waals surface area contributed by atoms with Gasteiger partial charge in [0.2, 0.25) is 0 Å². The highest BCUT2D eigenvalue weighted by Crippen LogP contribution is 2.33. The first-order valence-electron chi connectivity index (χ1n) is 8.94. The number of benzene rings is 2. The summed E-state index contributed by atoms with van der Waals surface area (Å²) in [5, 5.41) is 4.94. The maximum Gasteiger partial charge on any atom is 0.118 e. The van der Waals surface area contributed by atoms with Crippen molar-refractivity contribution < 1.29 is 0 Å². The van der Waals surface area contributed by atoms with Gasteiger partial charge in [-0.25, -0.2) is 4.98 Å². The second kappa shape index (κ2) is 7.43. The molecule has 1 aliphatic rings. The predicted octanol–water partition coefficient (Wildman–Crippen LogP) is 5.62. The molecule has 1 atom stereocenters. The van der Waals surface area contributed by atoms with Gasteiger partial charge >= 0.3 is 0 Å². The molecule has 1 fully saturated rings. The van der Waals surface area contributed by atoms with Crippen LogP contribution in [0.25, 0.3) is 16.9 Å². The summed E-state index contributed by atoms with van der Waals surface area (Å²) in [6, 6.07) is 13.9. The van der Waals surface area contributed by atoms with E-state index >= 15 is 0 Å². The second-order valence-corrected chi connectivity index (χ2v) is 7.69. The van der Waals surface area contributed by atoms with E-state index in [1.807, 2.05) is 36.5 Å². The maximum atomic E-state index is 6.33. The van der Waals surface area contributed by atoms with E-state index in [1.165, 1.54) is 12.0 Å². The molecule has 1 aliphatic heterocycles. The van der Waals surface area contributed by atoms with Crippen LogP contribution in [0.5, 0.6) is 0 Å². The van der Waals surface area contributed by atoms with Crippen LogP contribution in [0.4, 0.5) is 0 Å². The van der Waals surface area contributed by atoms with Crippen LogP contribution in [0.3, 0.4) is 0 Å². The van der Waals surface area contributed by atoms with Crippen LogP contribution in [0.2, 0.25) is 10.0 Å². The summed E-state index contributed by atoms with van der Waals surface area (Å²) in [7, 11) is 0. The first-order valence-corrected chi connectivity index (χ1v) is 9.70. The molecule has 0 bridgehead atoms. The van der Waals surface area contributed by atoms with Crippen LogP contribution in [-0.4, -0.2) is 22.6 Å². The molecule has 4 rings (SSSR count). The Kier molecular flexibility index (Phi) is 5.03. The van der Waals surface area contributed by atoms with E-state index in [-0.39, 0.29) is 0 Å². The minimum absolute atomic E-state index is 0.384. The van der Waals surface area contributed by atoms with Crippen molar-refractivity contribution in [1.29, 1.82) is 0 Å². The Morgan fingerprint density at radius 1 is 1.12 bits per heavy atom. The Balaban J connectivity index is 1.92. The van der Waals surface area contributed by atoms with Gasteiger partial charge in [0.05, 0.1) is 17.6 Å². The monoisotopic (exact) mass is 385 g/mol. The molecule has 1 unspecified atom stereocenters. The fourth-order valence-electron chi connectivity index (χ4n) is 3.65. The van der Waals surface area contributed by atoms with Crippen LogP contribution in [0, 0.1) is 6.92 Å². The quantitative estimate of drug-likeness (QED) is 0.633. The third-order valence-electron chi connectivity index (χ3n) is 4.98. The predicted molar refractivity (Wildman–Crippen MR) is 109 cm³/mol. The summed E-state index contributed by atoms with van der Waals surface area (Å²) in [4.78, 5) is 4.83. The Labute approximate surface area is 164 Å². The van der Waals surface area contributed by atoms with Gasteiger partial charge in [-0.1, -0.05) is 41.4 Å². The average molecular weight is 386 g/mol. The van der Waals surface area contributed by atoms with Crippen molar-refractivity contribution in [3.8, 4) is 16.9 Å². The van der Waals surface area contributed by atoms with Crippen molar-refractivity contribution in [2.45, 2.75) is 25.7 Å². The van der Waals surface area contributed by atoms with Crippen LogP contribution in [0.1, 0.15) is 30.1 Å². The molecule has 1 saturated heterocycles. The molecule has 26 heavy (non-hydrogen) atoms. The highest BCUT2D eigenvalue weighted by molar-refractivity contribution is 6.31. The number of halogens is 2. The smallest absolute Gasteiger partial charge is 0.118 e. The Bertz CT molecular complexity index is 927. The summed E-state index contributed by atoms with van der Waals surface area (Å²) >= 11 is 12.6. The second-order valence-electron chi connectivity index (χ2n) is 6.82. The van der Waals surface area contributed by atoms with Gasteiger partial charge in [-0.3, -0.25) is 4.57 Å². The highest BCUT2D eigenvalue weighted by Gasteiger charge is 2.24. The molecule has 0 aliphatic carbocycles. The summed E-state index contributed by atoms with van der Waals surface area (Å²) in [5.41, 5.74) is 4.34. The molecule has 0 saturated carbocycles. The lowest BCUT2D eigenvalue weighted by atomic mass is 9.98. The molecule has 2 heterocycles. The van der Waals surface area contributed by atoms with E-state index in [4.69, 9.17) is 28.2 Å². The number of hydrogen-bond acceptors (Lipinski definition) is 2. The molecule has 5 heteroatoms. The van der Waals surface area contributed by atoms with E-state index in [2.05, 4.69) is 28.9 Å². The third kappa shape index (κ3) is 3.39. The average Bonchev–Trinajstić information content (AvgIpc) is 3.09. The standard InChI is InChI=1S/C21H21Cl2N3/c1-14-7-8-18(23)11-19(14)26-20(15-4-2-6-17(22)10-15)13-25-21(26)16-5-3-9-24-12-16/h2,4,6-8,10-11,13,16,24H,3,5,9,12H2,1H3. The normalized spacial score (nSPS) is 17.4. The minimum atomic E-state index is 0.384. The van der Waals surface area contributed by atoms with Gasteiger partial charge in [0.1, 0.15) is 5.82 Å². The van der Waals surface area contributed by atoms with Gasteiger partial charge in [-0.2, -0.15) is 0 Å². The molecule has 2 aromatic carbocycles. The maximum absolute atomic E-state index is 6.33. The lowest BCUT2D eigenvalue weighted by Gasteiger charge is -2.24. The van der Waals surface area contributed by atoms with Crippen molar-refractivity contribution in [3.63, 3.8) is 0 Å². The van der Waals surface area contributed by atoms with Gasteiger partial charge in [0.15, 0.2) is 0 Å². The van der Waals surface area contributed by atoms with E-state index in [0.717, 1.165) is 52.3 Å². The fourth-order valence-corrected chi connectivity index (χ4v) is 4.01. The fraction of sp³-hybridized carbons (Fsp3) is 0.286. The molecule has 0 amide bonds. The summed E-state index contributed by atoms with van der Waals surface area (Å²) < 4.78 is 2.25. The van der Waals surface area contributed by atoms with Crippen LogP contribution < -0.4 is 5.32 Å². The van der Waals surface area contributed by atoms with E-state index in [9.17, 15) is 0 Å². The summed E-state index contributed by atoms with van der Waals surface area (Å²) in [5.74, 6) is 1.47. The molecule has 1 N–H and O–H groups in total. The number of nitrogens with one attached hydrogen (secondary N) is 1. The molecular weight excluding hydrogens is 365 g/mol. The van der Waals surface area contributed by atoms with Crippen molar-refractivity contribution in [2.75, 3.05) is 13.1 Å². The number of rotatable bonds is 3. The van der Waals surface area contributed by atoms with Crippen molar-refractivity contribution >= 4 is 23.2 Å². The van der Waals surface area contributed by atoms with Gasteiger partial charge < -0.3 is 5.32 Å². The van der Waals surface area contributed by atoms with E-state index < -0.39 is 0 Å². The van der Waals surface area contributed by atoms with Crippen LogP contribution in [-0.2, 0) is 0 Å². The SMILES string of the molecule is Cc1ccc(Cl)cc1-n1c(-c2cccc(Cl)c2)cnc1C1CCCNC1. The number of imidazole rings is 1. The number of aromatic nitrogens is 2. The van der Waals surface area contributed by atoms with Gasteiger partial charge in [-0.15, -0.1) is 0 Å². The van der Waals surface area contributed by atoms with Crippen LogP contribution in [0.15, 0.2) is 48.7 Å². The zero-order valence-electron chi connectivity index (χ0n) is 14.7. The topological polar surface area (TPSA) is 29.9 Å². The van der Waals surface area contributed by atoms with Crippen molar-refractivity contribution in [2.24, 2.45) is 0 Å². The Morgan fingerprint density at radius 3 is 2.73 bits per heavy atom. The molecule has 0 spiro atoms. The molecule has 3 aromatic rings. The summed E-state index contributed by atoms with van der Waals surface area (Å²) in [6.45, 7) is 4.14. The zero-order valence-corrected chi connectivity index (χ0v) is 16.2. The Morgan fingerprint density at radius 2 is 1.96 bits per heavy atom. The lowest BCUT2D eigenvalue weighted by molar-refractivity contribution is 0.443. The highest BCUT2D eigenvalue weighted by atomic mass is 35.5. The van der Waals surface area contributed by atoms with E-state index in [1.54, 1.807) is 0 Å². The number of piperidine rings is 1. The van der Waals surface area contributed by atoms with Crippen molar-refractivity contribution in [3.05, 3.63) is 70.1 Å². The van der Waals surface area contributed by atoms with Gasteiger partial charge in [-0.05, 0) is 56.1 Å². The van der Waals surface area contributed by atoms with Crippen LogP contribution >= 0.6 is 23.2 Å². The number of nitrogens with zero attached hydrogens (tertiary/aromatic N) is 2. The largest absolute Gasteiger partial charge is 0.316 e. The number of aryl methyl sites for hydroxylation is 1. The third-order valence-corrected chi connectivity index (χ3v) is 5.45. The zero-order chi connectivity index (χ0) is 18.1. The van der Waals surface area contributed by atoms with Gasteiger partial charge in [0, 0.05) is 28.1 Å². The molecule has 0 radical (unpaired) electrons. The lowest BCUT2D eigenvalue weighted by Crippen LogP contribution is -2.30. The first-order chi connectivity index (χ1) is 12.6. The molecule has 134 valence electrons. The van der Waals surface area contributed by atoms with Gasteiger partial charge in [0.25, 0.3) is 0 Å². The first kappa shape index (κ1) is 17.6. The molecular formula is C21H21Cl2N3.